The minimum absolute atomic E-state index is 0.0402. The van der Waals surface area contributed by atoms with Gasteiger partial charge in [-0.2, -0.15) is 5.26 Å². The second-order valence-electron chi connectivity index (χ2n) is 2.28. The molecule has 0 unspecified atom stereocenters. The highest BCUT2D eigenvalue weighted by atomic mass is 16.2. The van der Waals surface area contributed by atoms with Crippen LogP contribution in [0.1, 0.15) is 0 Å². The van der Waals surface area contributed by atoms with Gasteiger partial charge in [-0.15, -0.1) is 0 Å². The highest BCUT2D eigenvalue weighted by Gasteiger charge is 2.24. The molecule has 54 valence electrons. The quantitative estimate of drug-likeness (QED) is 0.475. The normalized spacial score (nSPS) is 17.8. The fraction of sp³-hybridized carbons (Fsp3) is 0.667. The van der Waals surface area contributed by atoms with Crippen LogP contribution in [0.15, 0.2) is 0 Å². The van der Waals surface area contributed by atoms with Gasteiger partial charge in [-0.05, 0) is 0 Å². The summed E-state index contributed by atoms with van der Waals surface area (Å²) in [4.78, 5) is 14.1. The molecule has 2 amide bonds. The summed E-state index contributed by atoms with van der Waals surface area (Å²) in [6.45, 7) is 1.63. The molecule has 0 bridgehead atoms. The van der Waals surface area contributed by atoms with Crippen molar-refractivity contribution in [3.63, 3.8) is 0 Å². The van der Waals surface area contributed by atoms with E-state index in [1.165, 1.54) is 4.90 Å². The molecule has 1 saturated heterocycles. The smallest absolute Gasteiger partial charge is 0.320 e. The summed E-state index contributed by atoms with van der Waals surface area (Å²) >= 11 is 0. The molecule has 1 rings (SSSR count). The van der Waals surface area contributed by atoms with Crippen LogP contribution in [0.2, 0.25) is 0 Å². The van der Waals surface area contributed by atoms with Crippen LogP contribution in [0.3, 0.4) is 0 Å². The lowest BCUT2D eigenvalue weighted by Crippen LogP contribution is -2.29. The predicted molar refractivity (Wildman–Crippen MR) is 35.2 cm³/mol. The maximum absolute atomic E-state index is 11.0. The predicted octanol–water partition coefficient (Wildman–Crippen LogP) is -0.123. The Bertz CT molecular complexity index is 184. The van der Waals surface area contributed by atoms with Gasteiger partial charge >= 0.3 is 6.03 Å². The van der Waals surface area contributed by atoms with E-state index in [1.807, 2.05) is 6.07 Å². The molecule has 0 spiro atoms. The molecule has 10 heavy (non-hydrogen) atoms. The molecule has 0 aromatic heterocycles. The Morgan fingerprint density at radius 2 is 2.40 bits per heavy atom. The average molecular weight is 139 g/mol. The summed E-state index contributed by atoms with van der Waals surface area (Å²) < 4.78 is 0. The number of hydrogen-bond acceptors (Lipinski definition) is 2. The van der Waals surface area contributed by atoms with Gasteiger partial charge in [0.1, 0.15) is 6.54 Å². The van der Waals surface area contributed by atoms with Crippen LogP contribution < -0.4 is 0 Å². The molecule has 0 saturated carbocycles. The van der Waals surface area contributed by atoms with Crippen molar-refractivity contribution in [1.82, 2.24) is 9.80 Å². The van der Waals surface area contributed by atoms with Crippen LogP contribution in [0.5, 0.6) is 0 Å². The number of urea groups is 1. The van der Waals surface area contributed by atoms with Crippen LogP contribution in [-0.2, 0) is 0 Å². The van der Waals surface area contributed by atoms with Crippen LogP contribution in [-0.4, -0.2) is 42.5 Å². The Hall–Kier alpha value is -1.24. The summed E-state index contributed by atoms with van der Waals surface area (Å²) in [6, 6.07) is 1.90. The SMILES string of the molecule is CN1CCN(CC#N)C1=O. The van der Waals surface area contributed by atoms with Gasteiger partial charge in [0.2, 0.25) is 0 Å². The van der Waals surface area contributed by atoms with E-state index in [1.54, 1.807) is 11.9 Å². The molecule has 0 N–H and O–H groups in total. The summed E-state index contributed by atoms with van der Waals surface area (Å²) in [7, 11) is 1.74. The molecule has 0 atom stereocenters. The van der Waals surface area contributed by atoms with E-state index in [4.69, 9.17) is 5.26 Å². The third-order valence-electron chi connectivity index (χ3n) is 1.56. The zero-order valence-corrected chi connectivity index (χ0v) is 5.87. The fourth-order valence-corrected chi connectivity index (χ4v) is 0.935. The molecule has 1 aliphatic rings. The number of amides is 2. The first-order chi connectivity index (χ1) is 4.75. The van der Waals surface area contributed by atoms with Crippen LogP contribution in [0.4, 0.5) is 4.79 Å². The molecule has 1 heterocycles. The van der Waals surface area contributed by atoms with Gasteiger partial charge in [-0.1, -0.05) is 0 Å². The van der Waals surface area contributed by atoms with E-state index in [0.717, 1.165) is 6.54 Å². The Kier molecular flexibility index (Phi) is 1.76. The number of rotatable bonds is 1. The van der Waals surface area contributed by atoms with Crippen molar-refractivity contribution < 1.29 is 4.79 Å². The molecule has 0 aromatic rings. The van der Waals surface area contributed by atoms with E-state index in [0.29, 0.717) is 6.54 Å². The van der Waals surface area contributed by atoms with Gasteiger partial charge in [0.15, 0.2) is 0 Å². The van der Waals surface area contributed by atoms with Crippen molar-refractivity contribution in [2.45, 2.75) is 0 Å². The number of carbonyl (C=O) groups excluding carboxylic acids is 1. The first-order valence-electron chi connectivity index (χ1n) is 3.12. The molecule has 4 nitrogen and oxygen atoms in total. The number of hydrogen-bond donors (Lipinski definition) is 0. The highest BCUT2D eigenvalue weighted by Crippen LogP contribution is 2.03. The van der Waals surface area contributed by atoms with Gasteiger partial charge in [-0.3, -0.25) is 0 Å². The summed E-state index contributed by atoms with van der Waals surface area (Å²) in [6.07, 6.45) is 0. The highest BCUT2D eigenvalue weighted by molar-refractivity contribution is 5.76. The van der Waals surface area contributed by atoms with Crippen molar-refractivity contribution in [2.24, 2.45) is 0 Å². The third kappa shape index (κ3) is 1.03. The second kappa shape index (κ2) is 2.56. The summed E-state index contributed by atoms with van der Waals surface area (Å²) in [5.41, 5.74) is 0. The fourth-order valence-electron chi connectivity index (χ4n) is 0.935. The van der Waals surface area contributed by atoms with E-state index in [9.17, 15) is 4.79 Å². The first kappa shape index (κ1) is 6.87. The summed E-state index contributed by atoms with van der Waals surface area (Å²) in [5.74, 6) is 0. The van der Waals surface area contributed by atoms with E-state index in [-0.39, 0.29) is 12.6 Å². The van der Waals surface area contributed by atoms with E-state index >= 15 is 0 Å². The van der Waals surface area contributed by atoms with Crippen molar-refractivity contribution in [2.75, 3.05) is 26.7 Å². The van der Waals surface area contributed by atoms with Gasteiger partial charge in [0.05, 0.1) is 6.07 Å². The van der Waals surface area contributed by atoms with Crippen molar-refractivity contribution in [3.8, 4) is 6.07 Å². The number of nitriles is 1. The largest absolute Gasteiger partial charge is 0.326 e. The van der Waals surface area contributed by atoms with Crippen LogP contribution in [0, 0.1) is 11.3 Å². The number of carbonyl (C=O) groups is 1. The Balaban J connectivity index is 2.51. The van der Waals surface area contributed by atoms with Gasteiger partial charge in [-0.25, -0.2) is 4.79 Å². The Morgan fingerprint density at radius 1 is 1.70 bits per heavy atom. The average Bonchev–Trinajstić information content (AvgIpc) is 2.20. The molecule has 4 heteroatoms. The first-order valence-corrected chi connectivity index (χ1v) is 3.12. The van der Waals surface area contributed by atoms with Crippen molar-refractivity contribution in [3.05, 3.63) is 0 Å². The molecule has 1 fully saturated rings. The van der Waals surface area contributed by atoms with E-state index < -0.39 is 0 Å². The van der Waals surface area contributed by atoms with Crippen molar-refractivity contribution in [1.29, 1.82) is 5.26 Å². The monoisotopic (exact) mass is 139 g/mol. The number of nitrogens with zero attached hydrogens (tertiary/aromatic N) is 3. The van der Waals surface area contributed by atoms with Crippen molar-refractivity contribution >= 4 is 6.03 Å². The van der Waals surface area contributed by atoms with Gasteiger partial charge in [0, 0.05) is 20.1 Å². The van der Waals surface area contributed by atoms with E-state index in [2.05, 4.69) is 0 Å². The maximum Gasteiger partial charge on any atom is 0.320 e. The minimum Gasteiger partial charge on any atom is -0.326 e. The molecule has 0 aliphatic carbocycles. The molecule has 0 radical (unpaired) electrons. The molecule has 0 aromatic carbocycles. The second-order valence-corrected chi connectivity index (χ2v) is 2.28. The lowest BCUT2D eigenvalue weighted by Gasteiger charge is -2.10. The maximum atomic E-state index is 11.0. The lowest BCUT2D eigenvalue weighted by atomic mass is 10.6. The zero-order chi connectivity index (χ0) is 7.56. The van der Waals surface area contributed by atoms with Crippen LogP contribution >= 0.6 is 0 Å². The summed E-state index contributed by atoms with van der Waals surface area (Å²) in [5, 5.41) is 8.27. The minimum atomic E-state index is -0.0402. The zero-order valence-electron chi connectivity index (χ0n) is 5.87. The van der Waals surface area contributed by atoms with Gasteiger partial charge in [0.25, 0.3) is 0 Å². The Morgan fingerprint density at radius 3 is 2.80 bits per heavy atom. The molecular weight excluding hydrogens is 130 g/mol. The topological polar surface area (TPSA) is 47.3 Å². The lowest BCUT2D eigenvalue weighted by molar-refractivity contribution is 0.202. The van der Waals surface area contributed by atoms with Crippen LogP contribution in [0.25, 0.3) is 0 Å². The molecular formula is C6H9N3O. The number of likely N-dealkylation sites (N-methyl/N-ethyl adjacent to an activating group) is 1. The molecule has 1 aliphatic heterocycles. The standard InChI is InChI=1S/C6H9N3O/c1-8-4-5-9(3-2-7)6(8)10/h3-5H2,1H3. The van der Waals surface area contributed by atoms with Gasteiger partial charge < -0.3 is 9.80 Å². The third-order valence-corrected chi connectivity index (χ3v) is 1.56. The Labute approximate surface area is 59.6 Å².